The lowest BCUT2D eigenvalue weighted by atomic mass is 9.48. The molecule has 1 saturated carbocycles. The van der Waals surface area contributed by atoms with Crippen LogP contribution >= 0.6 is 0 Å². The SMILES string of the molecule is CC1=CCC2C(C)(C)CCC[C@@]2(C)[C@@H]1CC/C(C)=C/C(=O)O. The van der Waals surface area contributed by atoms with Crippen molar-refractivity contribution in [1.82, 2.24) is 0 Å². The van der Waals surface area contributed by atoms with Crippen molar-refractivity contribution in [2.75, 3.05) is 0 Å². The normalized spacial score (nSPS) is 34.8. The molecule has 0 aromatic carbocycles. The summed E-state index contributed by atoms with van der Waals surface area (Å²) in [4.78, 5) is 10.8. The maximum Gasteiger partial charge on any atom is 0.328 e. The topological polar surface area (TPSA) is 37.3 Å². The number of carboxylic acid groups (broad SMARTS) is 1. The van der Waals surface area contributed by atoms with Crippen LogP contribution in [0.5, 0.6) is 0 Å². The second-order valence-electron chi connectivity index (χ2n) is 8.50. The monoisotopic (exact) mass is 304 g/mol. The number of carbonyl (C=O) groups is 1. The van der Waals surface area contributed by atoms with Gasteiger partial charge in [-0.25, -0.2) is 4.79 Å². The zero-order chi connectivity index (χ0) is 16.5. The summed E-state index contributed by atoms with van der Waals surface area (Å²) in [7, 11) is 0. The molecule has 0 aromatic rings. The highest BCUT2D eigenvalue weighted by atomic mass is 16.4. The summed E-state index contributed by atoms with van der Waals surface area (Å²) < 4.78 is 0. The smallest absolute Gasteiger partial charge is 0.328 e. The van der Waals surface area contributed by atoms with Gasteiger partial charge in [0.05, 0.1) is 0 Å². The third-order valence-electron chi connectivity index (χ3n) is 6.49. The van der Waals surface area contributed by atoms with Crippen LogP contribution in [0.4, 0.5) is 0 Å². The molecule has 3 atom stereocenters. The molecule has 2 rings (SSSR count). The molecule has 1 N–H and O–H groups in total. The fourth-order valence-electron chi connectivity index (χ4n) is 5.35. The Morgan fingerprint density at radius 1 is 1.36 bits per heavy atom. The van der Waals surface area contributed by atoms with Crippen molar-refractivity contribution in [2.24, 2.45) is 22.7 Å². The Bertz CT molecular complexity index is 498. The molecule has 0 amide bonds. The molecule has 2 aliphatic rings. The molecule has 1 unspecified atom stereocenters. The van der Waals surface area contributed by atoms with Crippen LogP contribution < -0.4 is 0 Å². The number of carboxylic acids is 1. The second-order valence-corrected chi connectivity index (χ2v) is 8.50. The number of hydrogen-bond acceptors (Lipinski definition) is 1. The summed E-state index contributed by atoms with van der Waals surface area (Å²) in [5, 5.41) is 8.89. The van der Waals surface area contributed by atoms with E-state index < -0.39 is 5.97 Å². The van der Waals surface area contributed by atoms with Gasteiger partial charge in [0, 0.05) is 6.08 Å². The first-order chi connectivity index (χ1) is 10.2. The average molecular weight is 304 g/mol. The van der Waals surface area contributed by atoms with Crippen molar-refractivity contribution in [1.29, 1.82) is 0 Å². The van der Waals surface area contributed by atoms with Crippen LogP contribution in [0.25, 0.3) is 0 Å². The number of rotatable bonds is 4. The minimum atomic E-state index is -0.823. The van der Waals surface area contributed by atoms with E-state index in [2.05, 4.69) is 33.8 Å². The van der Waals surface area contributed by atoms with E-state index in [0.29, 0.717) is 16.7 Å². The van der Waals surface area contributed by atoms with Crippen molar-refractivity contribution in [2.45, 2.75) is 73.1 Å². The third-order valence-corrected chi connectivity index (χ3v) is 6.49. The highest BCUT2D eigenvalue weighted by molar-refractivity contribution is 5.80. The van der Waals surface area contributed by atoms with Crippen molar-refractivity contribution in [3.05, 3.63) is 23.3 Å². The summed E-state index contributed by atoms with van der Waals surface area (Å²) in [6, 6.07) is 0. The number of allylic oxidation sites excluding steroid dienone is 3. The molecule has 124 valence electrons. The summed E-state index contributed by atoms with van der Waals surface area (Å²) in [6.07, 6.45) is 11.0. The van der Waals surface area contributed by atoms with Crippen LogP contribution in [0.2, 0.25) is 0 Å². The second kappa shape index (κ2) is 6.22. The standard InChI is InChI=1S/C20H32O2/c1-14(13-18(21)22)7-9-16-15(2)8-10-17-19(3,4)11-6-12-20(16,17)5/h8,13,16-17H,6-7,9-12H2,1-5H3,(H,21,22)/b14-13+/t16-,17?,20+/m1/s1. The predicted octanol–water partition coefficient (Wildman–Crippen LogP) is 5.60. The highest BCUT2D eigenvalue weighted by Crippen LogP contribution is 2.60. The molecule has 2 heteroatoms. The van der Waals surface area contributed by atoms with Crippen LogP contribution in [0.3, 0.4) is 0 Å². The summed E-state index contributed by atoms with van der Waals surface area (Å²) in [5.41, 5.74) is 3.32. The summed E-state index contributed by atoms with van der Waals surface area (Å²) >= 11 is 0. The van der Waals surface area contributed by atoms with Gasteiger partial charge in [0.25, 0.3) is 0 Å². The molecule has 0 bridgehead atoms. The number of fused-ring (bicyclic) bond motifs is 1. The molecular weight excluding hydrogens is 272 g/mol. The van der Waals surface area contributed by atoms with Gasteiger partial charge in [-0.1, -0.05) is 44.4 Å². The first kappa shape index (κ1) is 17.3. The fourth-order valence-corrected chi connectivity index (χ4v) is 5.35. The van der Waals surface area contributed by atoms with Crippen LogP contribution in [-0.2, 0) is 4.79 Å². The van der Waals surface area contributed by atoms with E-state index in [-0.39, 0.29) is 0 Å². The van der Waals surface area contributed by atoms with Crippen LogP contribution in [-0.4, -0.2) is 11.1 Å². The summed E-state index contributed by atoms with van der Waals surface area (Å²) in [6.45, 7) is 11.6. The Hall–Kier alpha value is -1.05. The predicted molar refractivity (Wildman–Crippen MR) is 91.7 cm³/mol. The molecule has 0 heterocycles. The maximum atomic E-state index is 10.8. The average Bonchev–Trinajstić information content (AvgIpc) is 2.35. The van der Waals surface area contributed by atoms with Crippen molar-refractivity contribution in [3.8, 4) is 0 Å². The zero-order valence-electron chi connectivity index (χ0n) is 14.9. The van der Waals surface area contributed by atoms with E-state index in [0.717, 1.165) is 24.3 Å². The Labute approximate surface area is 135 Å². The van der Waals surface area contributed by atoms with Gasteiger partial charge in [0.15, 0.2) is 0 Å². The molecule has 0 spiro atoms. The lowest BCUT2D eigenvalue weighted by Crippen LogP contribution is -2.48. The maximum absolute atomic E-state index is 10.8. The van der Waals surface area contributed by atoms with E-state index in [4.69, 9.17) is 5.11 Å². The van der Waals surface area contributed by atoms with Gasteiger partial charge in [-0.15, -0.1) is 0 Å². The van der Waals surface area contributed by atoms with E-state index in [1.54, 1.807) is 0 Å². The van der Waals surface area contributed by atoms with E-state index >= 15 is 0 Å². The lowest BCUT2D eigenvalue weighted by Gasteiger charge is -2.57. The van der Waals surface area contributed by atoms with Crippen molar-refractivity contribution < 1.29 is 9.90 Å². The first-order valence-corrected chi connectivity index (χ1v) is 8.73. The zero-order valence-corrected chi connectivity index (χ0v) is 14.9. The minimum absolute atomic E-state index is 0.379. The minimum Gasteiger partial charge on any atom is -0.478 e. The number of hydrogen-bond donors (Lipinski definition) is 1. The van der Waals surface area contributed by atoms with Crippen molar-refractivity contribution in [3.63, 3.8) is 0 Å². The Balaban J connectivity index is 2.20. The largest absolute Gasteiger partial charge is 0.478 e. The molecule has 22 heavy (non-hydrogen) atoms. The fraction of sp³-hybridized carbons (Fsp3) is 0.750. The van der Waals surface area contributed by atoms with E-state index in [9.17, 15) is 4.79 Å². The van der Waals surface area contributed by atoms with E-state index in [1.165, 1.54) is 37.3 Å². The Morgan fingerprint density at radius 3 is 2.68 bits per heavy atom. The number of aliphatic carboxylic acids is 1. The van der Waals surface area contributed by atoms with Gasteiger partial charge in [0.1, 0.15) is 0 Å². The van der Waals surface area contributed by atoms with Gasteiger partial charge < -0.3 is 5.11 Å². The summed E-state index contributed by atoms with van der Waals surface area (Å²) in [5.74, 6) is 0.533. The molecule has 1 fully saturated rings. The molecule has 0 radical (unpaired) electrons. The molecule has 0 aliphatic heterocycles. The molecule has 2 aliphatic carbocycles. The third kappa shape index (κ3) is 3.31. The molecule has 0 saturated heterocycles. The Morgan fingerprint density at radius 2 is 2.05 bits per heavy atom. The molecule has 2 nitrogen and oxygen atoms in total. The highest BCUT2D eigenvalue weighted by Gasteiger charge is 2.51. The van der Waals surface area contributed by atoms with Crippen LogP contribution in [0.15, 0.2) is 23.3 Å². The van der Waals surface area contributed by atoms with Crippen molar-refractivity contribution >= 4 is 5.97 Å². The van der Waals surface area contributed by atoms with Crippen LogP contribution in [0, 0.1) is 22.7 Å². The lowest BCUT2D eigenvalue weighted by molar-refractivity contribution is -0.131. The van der Waals surface area contributed by atoms with Crippen LogP contribution in [0.1, 0.15) is 73.1 Å². The van der Waals surface area contributed by atoms with Gasteiger partial charge in [-0.3, -0.25) is 0 Å². The van der Waals surface area contributed by atoms with Gasteiger partial charge in [0.2, 0.25) is 0 Å². The quantitative estimate of drug-likeness (QED) is 0.542. The Kier molecular flexibility index (Phi) is 4.89. The van der Waals surface area contributed by atoms with Gasteiger partial charge in [-0.2, -0.15) is 0 Å². The first-order valence-electron chi connectivity index (χ1n) is 8.73. The van der Waals surface area contributed by atoms with Gasteiger partial charge in [-0.05, 0) is 68.6 Å². The molecular formula is C20H32O2. The van der Waals surface area contributed by atoms with E-state index in [1.807, 2.05) is 6.92 Å². The molecule has 0 aromatic heterocycles. The van der Waals surface area contributed by atoms with Gasteiger partial charge >= 0.3 is 5.97 Å².